The first-order valence-corrected chi connectivity index (χ1v) is 12.3. The molecule has 0 spiro atoms. The molecule has 5 nitrogen and oxygen atoms in total. The van der Waals surface area contributed by atoms with Gasteiger partial charge >= 0.3 is 5.97 Å². The molecule has 34 heavy (non-hydrogen) atoms. The number of carbonyl (C=O) groups is 1. The van der Waals surface area contributed by atoms with Crippen LogP contribution in [0.4, 0.5) is 0 Å². The fourth-order valence-corrected chi connectivity index (χ4v) is 4.90. The number of nitrogens with zero attached hydrogens (tertiary/aromatic N) is 1. The summed E-state index contributed by atoms with van der Waals surface area (Å²) in [5, 5.41) is 2.89. The smallest absolute Gasteiger partial charge is 0.339 e. The summed E-state index contributed by atoms with van der Waals surface area (Å²) in [5.74, 6) is 1.17. The normalized spacial score (nSPS) is 13.7. The Morgan fingerprint density at radius 1 is 0.971 bits per heavy atom. The summed E-state index contributed by atoms with van der Waals surface area (Å²) in [6.07, 6.45) is 3.81. The van der Waals surface area contributed by atoms with E-state index >= 15 is 0 Å². The quantitative estimate of drug-likeness (QED) is 0.219. The number of para-hydroxylation sites is 1. The maximum Gasteiger partial charge on any atom is 0.339 e. The minimum Gasteiger partial charge on any atom is -0.494 e. The second-order valence-electron chi connectivity index (χ2n) is 7.90. The van der Waals surface area contributed by atoms with E-state index in [1.807, 2.05) is 61.5 Å². The number of benzene rings is 2. The summed E-state index contributed by atoms with van der Waals surface area (Å²) in [4.78, 5) is 19.3. The first kappa shape index (κ1) is 22.2. The van der Waals surface area contributed by atoms with Gasteiger partial charge in [-0.25, -0.2) is 9.78 Å². The molecule has 0 amide bonds. The van der Waals surface area contributed by atoms with Gasteiger partial charge in [-0.3, -0.25) is 0 Å². The molecule has 0 saturated carbocycles. The summed E-state index contributed by atoms with van der Waals surface area (Å²) in [6.45, 7) is 3.00. The van der Waals surface area contributed by atoms with E-state index in [2.05, 4.69) is 17.5 Å². The van der Waals surface area contributed by atoms with E-state index in [9.17, 15) is 4.79 Å². The fraction of sp³-hybridized carbons (Fsp3) is 0.214. The third-order valence-corrected chi connectivity index (χ3v) is 6.54. The number of rotatable bonds is 8. The zero-order chi connectivity index (χ0) is 23.3. The van der Waals surface area contributed by atoms with E-state index in [4.69, 9.17) is 19.2 Å². The Morgan fingerprint density at radius 3 is 2.53 bits per heavy atom. The van der Waals surface area contributed by atoms with Gasteiger partial charge in [-0.2, -0.15) is 0 Å². The van der Waals surface area contributed by atoms with Crippen LogP contribution in [0.15, 0.2) is 66.0 Å². The lowest BCUT2D eigenvalue weighted by Crippen LogP contribution is -2.15. The third kappa shape index (κ3) is 4.68. The van der Waals surface area contributed by atoms with Gasteiger partial charge in [-0.1, -0.05) is 24.3 Å². The van der Waals surface area contributed by atoms with Crippen LogP contribution in [0.5, 0.6) is 11.5 Å². The molecule has 6 heteroatoms. The van der Waals surface area contributed by atoms with Crippen molar-refractivity contribution in [1.29, 1.82) is 0 Å². The van der Waals surface area contributed by atoms with E-state index in [1.54, 1.807) is 11.3 Å². The topological polar surface area (TPSA) is 57.7 Å². The predicted molar refractivity (Wildman–Crippen MR) is 136 cm³/mol. The minimum atomic E-state index is -0.331. The van der Waals surface area contributed by atoms with Gasteiger partial charge in [0.1, 0.15) is 24.7 Å². The van der Waals surface area contributed by atoms with Crippen LogP contribution in [0.3, 0.4) is 0 Å². The second-order valence-corrected chi connectivity index (χ2v) is 8.88. The molecule has 2 aromatic carbocycles. The first-order chi connectivity index (χ1) is 16.7. The number of allylic oxidation sites excluding steroid dienone is 1. The van der Waals surface area contributed by atoms with Crippen LogP contribution in [0, 0.1) is 0 Å². The molecule has 172 valence electrons. The third-order valence-electron chi connectivity index (χ3n) is 5.73. The van der Waals surface area contributed by atoms with E-state index < -0.39 is 0 Å². The lowest BCUT2D eigenvalue weighted by atomic mass is 10.0. The average Bonchev–Trinajstić information content (AvgIpc) is 3.52. The van der Waals surface area contributed by atoms with Crippen LogP contribution < -0.4 is 9.47 Å². The Hall–Kier alpha value is -3.64. The predicted octanol–water partition coefficient (Wildman–Crippen LogP) is 6.42. The van der Waals surface area contributed by atoms with E-state index in [0.717, 1.165) is 46.3 Å². The summed E-state index contributed by atoms with van der Waals surface area (Å²) in [7, 11) is 0. The van der Waals surface area contributed by atoms with Crippen LogP contribution in [0.25, 0.3) is 22.6 Å². The first-order valence-electron chi connectivity index (χ1n) is 11.4. The molecule has 0 N–H and O–H groups in total. The number of thiophene rings is 1. The highest BCUT2D eigenvalue weighted by molar-refractivity contribution is 7.10. The van der Waals surface area contributed by atoms with Crippen molar-refractivity contribution in [2.45, 2.75) is 19.8 Å². The van der Waals surface area contributed by atoms with Crippen LogP contribution >= 0.6 is 11.3 Å². The van der Waals surface area contributed by atoms with E-state index in [-0.39, 0.29) is 19.2 Å². The number of hydrogen-bond acceptors (Lipinski definition) is 6. The summed E-state index contributed by atoms with van der Waals surface area (Å²) in [5.41, 5.74) is 4.47. The summed E-state index contributed by atoms with van der Waals surface area (Å²) < 4.78 is 16.8. The number of fused-ring (bicyclic) bond motifs is 2. The van der Waals surface area contributed by atoms with Crippen molar-refractivity contribution in [3.63, 3.8) is 0 Å². The molecule has 0 radical (unpaired) electrons. The van der Waals surface area contributed by atoms with Crippen LogP contribution in [-0.4, -0.2) is 30.8 Å². The van der Waals surface area contributed by atoms with Crippen molar-refractivity contribution in [2.75, 3.05) is 19.8 Å². The van der Waals surface area contributed by atoms with Crippen molar-refractivity contribution < 1.29 is 19.0 Å². The minimum absolute atomic E-state index is 0.162. The lowest BCUT2D eigenvalue weighted by Gasteiger charge is -2.13. The maximum atomic E-state index is 13.2. The molecule has 0 atom stereocenters. The van der Waals surface area contributed by atoms with Gasteiger partial charge in [0, 0.05) is 10.3 Å². The fourth-order valence-electron chi connectivity index (χ4n) is 4.22. The zero-order valence-electron chi connectivity index (χ0n) is 19.0. The standard InChI is InChI=1S/C28H25NO4S/c1-2-31-20-10-12-21(13-11-20)32-15-16-33-28(30)26-23-7-3-4-8-25(23)29-27-19(9-14-24(26)27)18-22-6-5-17-34-22/h3-8,10-13,17-18H,2,9,14-16H2,1H3. The molecular weight excluding hydrogens is 446 g/mol. The monoisotopic (exact) mass is 471 g/mol. The maximum absolute atomic E-state index is 13.2. The molecule has 0 bridgehead atoms. The molecule has 4 aromatic rings. The molecule has 0 saturated heterocycles. The molecule has 1 aliphatic carbocycles. The van der Waals surface area contributed by atoms with Crippen molar-refractivity contribution in [3.05, 3.63) is 87.7 Å². The Bertz CT molecular complexity index is 1330. The largest absolute Gasteiger partial charge is 0.494 e. The lowest BCUT2D eigenvalue weighted by molar-refractivity contribution is 0.0451. The van der Waals surface area contributed by atoms with Gasteiger partial charge in [0.25, 0.3) is 0 Å². The van der Waals surface area contributed by atoms with Crippen LogP contribution in [-0.2, 0) is 11.2 Å². The van der Waals surface area contributed by atoms with Gasteiger partial charge in [0.2, 0.25) is 0 Å². The number of esters is 1. The summed E-state index contributed by atoms with van der Waals surface area (Å²) in [6, 6.07) is 19.3. The highest BCUT2D eigenvalue weighted by atomic mass is 32.1. The number of aromatic nitrogens is 1. The Kier molecular flexibility index (Phi) is 6.58. The van der Waals surface area contributed by atoms with Gasteiger partial charge in [0.05, 0.1) is 23.4 Å². The molecule has 1 aliphatic rings. The van der Waals surface area contributed by atoms with Crippen molar-refractivity contribution >= 4 is 39.9 Å². The Balaban J connectivity index is 1.33. The van der Waals surface area contributed by atoms with Gasteiger partial charge in [-0.05, 0) is 78.8 Å². The van der Waals surface area contributed by atoms with E-state index in [1.165, 1.54) is 4.88 Å². The number of carbonyl (C=O) groups excluding carboxylic acids is 1. The van der Waals surface area contributed by atoms with Crippen molar-refractivity contribution in [2.24, 2.45) is 0 Å². The van der Waals surface area contributed by atoms with Gasteiger partial charge in [0.15, 0.2) is 0 Å². The molecule has 2 aromatic heterocycles. The highest BCUT2D eigenvalue weighted by Gasteiger charge is 2.27. The Labute approximate surface area is 202 Å². The summed E-state index contributed by atoms with van der Waals surface area (Å²) >= 11 is 1.70. The van der Waals surface area contributed by atoms with Gasteiger partial charge in [-0.15, -0.1) is 11.3 Å². The number of hydrogen-bond donors (Lipinski definition) is 0. The Morgan fingerprint density at radius 2 is 1.76 bits per heavy atom. The highest BCUT2D eigenvalue weighted by Crippen LogP contribution is 2.38. The SMILES string of the molecule is CCOc1ccc(OCCOC(=O)c2c3c(nc4ccccc24)C(=Cc2cccs2)CC3)cc1. The number of ether oxygens (including phenoxy) is 3. The van der Waals surface area contributed by atoms with Crippen LogP contribution in [0.1, 0.15) is 39.8 Å². The molecule has 5 rings (SSSR count). The zero-order valence-corrected chi connectivity index (χ0v) is 19.8. The van der Waals surface area contributed by atoms with E-state index in [0.29, 0.717) is 17.9 Å². The molecule has 0 aliphatic heterocycles. The molecular formula is C28H25NO4S. The molecule has 2 heterocycles. The second kappa shape index (κ2) is 10.1. The van der Waals surface area contributed by atoms with Gasteiger partial charge < -0.3 is 14.2 Å². The van der Waals surface area contributed by atoms with Crippen molar-refractivity contribution in [3.8, 4) is 11.5 Å². The van der Waals surface area contributed by atoms with Crippen LogP contribution in [0.2, 0.25) is 0 Å². The van der Waals surface area contributed by atoms with Crippen molar-refractivity contribution in [1.82, 2.24) is 4.98 Å². The average molecular weight is 472 g/mol. The molecule has 0 unspecified atom stereocenters. The number of pyridine rings is 1. The molecule has 0 fully saturated rings.